The minimum absolute atomic E-state index is 0.00511. The Kier molecular flexibility index (Phi) is 4.63. The molecule has 0 fully saturated rings. The van der Waals surface area contributed by atoms with E-state index in [-0.39, 0.29) is 25.3 Å². The second-order valence-electron chi connectivity index (χ2n) is 5.63. The number of hydrogen-bond acceptors (Lipinski definition) is 2. The molecule has 1 unspecified atom stereocenters. The highest BCUT2D eigenvalue weighted by Crippen LogP contribution is 2.35. The molecule has 1 atom stereocenters. The number of nitrogens with zero attached hydrogens (tertiary/aromatic N) is 1. The number of hydrogen-bond donors (Lipinski definition) is 0. The number of fused-ring (bicyclic) bond motifs is 1. The van der Waals surface area contributed by atoms with Crippen LogP contribution >= 0.6 is 0 Å². The Morgan fingerprint density at radius 2 is 1.91 bits per heavy atom. The van der Waals surface area contributed by atoms with Crippen LogP contribution in [0.4, 0.5) is 4.79 Å². The van der Waals surface area contributed by atoms with Crippen LogP contribution in [0.25, 0.3) is 0 Å². The molecule has 0 heterocycles. The van der Waals surface area contributed by atoms with Gasteiger partial charge in [-0.1, -0.05) is 60.5 Å². The second-order valence-corrected chi connectivity index (χ2v) is 5.63. The molecule has 0 bridgehead atoms. The van der Waals surface area contributed by atoms with Crippen LogP contribution < -0.4 is 0 Å². The summed E-state index contributed by atoms with van der Waals surface area (Å²) in [5.74, 6) is 2.58. The van der Waals surface area contributed by atoms with E-state index in [2.05, 4.69) is 18.1 Å². The van der Waals surface area contributed by atoms with Gasteiger partial charge < -0.3 is 4.74 Å². The molecule has 1 aliphatic carbocycles. The third-order valence-electron chi connectivity index (χ3n) is 4.18. The highest BCUT2D eigenvalue weighted by molar-refractivity contribution is 5.69. The number of rotatable bonds is 4. The van der Waals surface area contributed by atoms with Crippen LogP contribution in [0.2, 0.25) is 0 Å². The molecule has 0 radical (unpaired) electrons. The fourth-order valence-electron chi connectivity index (χ4n) is 3.06. The maximum Gasteiger partial charge on any atom is 0.411 e. The van der Waals surface area contributed by atoms with Gasteiger partial charge in [0.1, 0.15) is 6.61 Å². The van der Waals surface area contributed by atoms with Crippen molar-refractivity contribution < 1.29 is 9.53 Å². The first-order valence-corrected chi connectivity index (χ1v) is 7.78. The van der Waals surface area contributed by atoms with Crippen molar-refractivity contribution in [3.8, 4) is 12.3 Å². The summed E-state index contributed by atoms with van der Waals surface area (Å²) in [7, 11) is 0. The van der Waals surface area contributed by atoms with Crippen LogP contribution in [-0.2, 0) is 17.8 Å². The van der Waals surface area contributed by atoms with Crippen LogP contribution in [0.3, 0.4) is 0 Å². The molecular weight excluding hydrogens is 286 g/mol. The van der Waals surface area contributed by atoms with Gasteiger partial charge in [0.05, 0.1) is 12.6 Å². The van der Waals surface area contributed by atoms with E-state index in [0.717, 1.165) is 18.4 Å². The molecule has 0 aliphatic heterocycles. The number of aryl methyl sites for hydroxylation is 1. The van der Waals surface area contributed by atoms with Gasteiger partial charge in [0, 0.05) is 0 Å². The topological polar surface area (TPSA) is 29.5 Å². The van der Waals surface area contributed by atoms with Gasteiger partial charge in [0.15, 0.2) is 0 Å². The van der Waals surface area contributed by atoms with E-state index < -0.39 is 0 Å². The predicted molar refractivity (Wildman–Crippen MR) is 89.7 cm³/mol. The van der Waals surface area contributed by atoms with Gasteiger partial charge in [-0.25, -0.2) is 4.79 Å². The monoisotopic (exact) mass is 305 g/mol. The summed E-state index contributed by atoms with van der Waals surface area (Å²) in [6, 6.07) is 17.9. The molecule has 0 spiro atoms. The molecule has 0 aromatic heterocycles. The lowest BCUT2D eigenvalue weighted by Crippen LogP contribution is -2.34. The highest BCUT2D eigenvalue weighted by Gasteiger charge is 2.31. The number of terminal acetylenes is 1. The number of carbonyl (C=O) groups excluding carboxylic acids is 1. The Labute approximate surface area is 136 Å². The van der Waals surface area contributed by atoms with Gasteiger partial charge in [-0.2, -0.15) is 0 Å². The Bertz CT molecular complexity index is 718. The zero-order chi connectivity index (χ0) is 16.1. The van der Waals surface area contributed by atoms with Crippen LogP contribution in [0.15, 0.2) is 54.6 Å². The lowest BCUT2D eigenvalue weighted by atomic mass is 10.1. The van der Waals surface area contributed by atoms with Crippen molar-refractivity contribution in [3.05, 3.63) is 71.3 Å². The quantitative estimate of drug-likeness (QED) is 0.801. The van der Waals surface area contributed by atoms with Crippen molar-refractivity contribution >= 4 is 6.09 Å². The molecular formula is C20H19NO2. The summed E-state index contributed by atoms with van der Waals surface area (Å²) in [6.45, 7) is 0.516. The number of benzene rings is 2. The van der Waals surface area contributed by atoms with Crippen LogP contribution in [0.1, 0.15) is 29.2 Å². The molecule has 116 valence electrons. The number of carbonyl (C=O) groups is 1. The number of ether oxygens (including phenoxy) is 1. The Hall–Kier alpha value is -2.73. The molecule has 0 saturated carbocycles. The zero-order valence-electron chi connectivity index (χ0n) is 12.9. The van der Waals surface area contributed by atoms with Crippen molar-refractivity contribution in [2.24, 2.45) is 0 Å². The Morgan fingerprint density at radius 1 is 1.17 bits per heavy atom. The van der Waals surface area contributed by atoms with Crippen molar-refractivity contribution in [3.63, 3.8) is 0 Å². The van der Waals surface area contributed by atoms with Crippen molar-refractivity contribution in [1.29, 1.82) is 0 Å². The van der Waals surface area contributed by atoms with Crippen LogP contribution in [0.5, 0.6) is 0 Å². The average molecular weight is 305 g/mol. The van der Waals surface area contributed by atoms with Gasteiger partial charge in [-0.15, -0.1) is 6.42 Å². The van der Waals surface area contributed by atoms with E-state index >= 15 is 0 Å². The molecule has 3 heteroatoms. The average Bonchev–Trinajstić information content (AvgIpc) is 3.02. The van der Waals surface area contributed by atoms with E-state index in [1.54, 1.807) is 4.90 Å². The van der Waals surface area contributed by atoms with Gasteiger partial charge in [-0.05, 0) is 29.5 Å². The smallest absolute Gasteiger partial charge is 0.411 e. The van der Waals surface area contributed by atoms with E-state index in [1.165, 1.54) is 11.1 Å². The standard InChI is InChI=1S/C20H19NO2/c1-2-14-21(19-13-12-17-10-6-7-11-18(17)19)20(22)23-15-16-8-4-3-5-9-16/h1,3-11,19H,12-15H2. The summed E-state index contributed by atoms with van der Waals surface area (Å²) < 4.78 is 5.46. The summed E-state index contributed by atoms with van der Waals surface area (Å²) in [5.41, 5.74) is 3.43. The summed E-state index contributed by atoms with van der Waals surface area (Å²) in [6.07, 6.45) is 6.97. The van der Waals surface area contributed by atoms with E-state index in [0.29, 0.717) is 0 Å². The van der Waals surface area contributed by atoms with E-state index in [1.807, 2.05) is 42.5 Å². The zero-order valence-corrected chi connectivity index (χ0v) is 12.9. The Balaban J connectivity index is 1.72. The summed E-state index contributed by atoms with van der Waals surface area (Å²) >= 11 is 0. The minimum atomic E-state index is -0.353. The van der Waals surface area contributed by atoms with Gasteiger partial charge >= 0.3 is 6.09 Å². The van der Waals surface area contributed by atoms with Crippen molar-refractivity contribution in [2.45, 2.75) is 25.5 Å². The maximum atomic E-state index is 12.5. The first kappa shape index (κ1) is 15.2. The first-order valence-electron chi connectivity index (χ1n) is 7.78. The van der Waals surface area contributed by atoms with Crippen molar-refractivity contribution in [1.82, 2.24) is 4.90 Å². The second kappa shape index (κ2) is 7.02. The van der Waals surface area contributed by atoms with Gasteiger partial charge in [-0.3, -0.25) is 4.90 Å². The predicted octanol–water partition coefficient (Wildman–Crippen LogP) is 3.95. The molecule has 1 amide bonds. The Morgan fingerprint density at radius 3 is 2.70 bits per heavy atom. The molecule has 0 saturated heterocycles. The van der Waals surface area contributed by atoms with Crippen molar-refractivity contribution in [2.75, 3.05) is 6.54 Å². The first-order chi connectivity index (χ1) is 11.3. The van der Waals surface area contributed by atoms with Crippen LogP contribution in [0, 0.1) is 12.3 Å². The molecule has 2 aromatic carbocycles. The fourth-order valence-corrected chi connectivity index (χ4v) is 3.06. The van der Waals surface area contributed by atoms with E-state index in [4.69, 9.17) is 11.2 Å². The minimum Gasteiger partial charge on any atom is -0.445 e. The lowest BCUT2D eigenvalue weighted by molar-refractivity contribution is 0.0858. The molecule has 2 aromatic rings. The van der Waals surface area contributed by atoms with Gasteiger partial charge in [0.25, 0.3) is 0 Å². The summed E-state index contributed by atoms with van der Waals surface area (Å²) in [4.78, 5) is 14.2. The molecule has 3 nitrogen and oxygen atoms in total. The molecule has 3 rings (SSSR count). The molecule has 1 aliphatic rings. The largest absolute Gasteiger partial charge is 0.445 e. The van der Waals surface area contributed by atoms with E-state index in [9.17, 15) is 4.79 Å². The summed E-state index contributed by atoms with van der Waals surface area (Å²) in [5, 5.41) is 0. The molecule has 23 heavy (non-hydrogen) atoms. The molecule has 0 N–H and O–H groups in total. The fraction of sp³-hybridized carbons (Fsp3) is 0.250. The maximum absolute atomic E-state index is 12.5. The van der Waals surface area contributed by atoms with Gasteiger partial charge in [0.2, 0.25) is 0 Å². The normalized spacial score (nSPS) is 15.5. The highest BCUT2D eigenvalue weighted by atomic mass is 16.6. The third kappa shape index (κ3) is 3.37. The SMILES string of the molecule is C#CCN(C(=O)OCc1ccccc1)C1CCc2ccccc21. The lowest BCUT2D eigenvalue weighted by Gasteiger charge is -2.27. The van der Waals surface area contributed by atoms with Crippen LogP contribution in [-0.4, -0.2) is 17.5 Å². The number of amides is 1. The third-order valence-corrected chi connectivity index (χ3v) is 4.18.